The molecule has 0 saturated carbocycles. The Hall–Kier alpha value is -5.08. The van der Waals surface area contributed by atoms with Crippen LogP contribution in [0.3, 0.4) is 0 Å². The Bertz CT molecular complexity index is 1630. The Balaban J connectivity index is 1.49. The Morgan fingerprint density at radius 2 is 1.51 bits per heavy atom. The van der Waals surface area contributed by atoms with Gasteiger partial charge < -0.3 is 19.5 Å². The number of benzene rings is 4. The molecule has 9 heteroatoms. The summed E-state index contributed by atoms with van der Waals surface area (Å²) in [6.45, 7) is 4.11. The molecule has 0 atom stereocenters. The van der Waals surface area contributed by atoms with Gasteiger partial charge in [0.25, 0.3) is 11.8 Å². The maximum Gasteiger partial charge on any atom is 0.287 e. The van der Waals surface area contributed by atoms with E-state index in [-0.39, 0.29) is 12.3 Å². The first-order valence-electron chi connectivity index (χ1n) is 13.4. The van der Waals surface area contributed by atoms with E-state index in [0.29, 0.717) is 39.0 Å². The lowest BCUT2D eigenvalue weighted by atomic mass is 10.1. The number of hydrazone groups is 1. The van der Waals surface area contributed by atoms with E-state index in [9.17, 15) is 9.59 Å². The molecule has 43 heavy (non-hydrogen) atoms. The number of carbonyl (C=O) groups is 2. The van der Waals surface area contributed by atoms with E-state index >= 15 is 0 Å². The van der Waals surface area contributed by atoms with E-state index in [1.807, 2.05) is 38.1 Å². The van der Waals surface area contributed by atoms with Crippen LogP contribution in [0.5, 0.6) is 17.2 Å². The SMILES string of the molecule is COc1ccc(/C=C(/NC(=O)c2ccccc2)C(=O)N/N=C/c2ccc(OC)c(COc3cc(C)c(Cl)c(C)c3)c2)cc1. The lowest BCUT2D eigenvalue weighted by Crippen LogP contribution is -2.32. The van der Waals surface area contributed by atoms with E-state index in [1.165, 1.54) is 6.21 Å². The molecule has 0 radical (unpaired) electrons. The van der Waals surface area contributed by atoms with Crippen LogP contribution in [0.15, 0.2) is 95.7 Å². The number of hydrogen-bond acceptors (Lipinski definition) is 6. The topological polar surface area (TPSA) is 98.2 Å². The molecule has 4 rings (SSSR count). The summed E-state index contributed by atoms with van der Waals surface area (Å²) in [5.74, 6) is 0.995. The van der Waals surface area contributed by atoms with Crippen LogP contribution in [-0.2, 0) is 11.4 Å². The van der Waals surface area contributed by atoms with E-state index in [4.69, 9.17) is 25.8 Å². The number of nitrogens with one attached hydrogen (secondary N) is 2. The number of aryl methyl sites for hydroxylation is 2. The number of ether oxygens (including phenoxy) is 3. The van der Waals surface area contributed by atoms with Gasteiger partial charge in [-0.3, -0.25) is 9.59 Å². The Morgan fingerprint density at radius 1 is 0.837 bits per heavy atom. The van der Waals surface area contributed by atoms with Gasteiger partial charge >= 0.3 is 0 Å². The van der Waals surface area contributed by atoms with Gasteiger partial charge in [0.05, 0.1) is 20.4 Å². The van der Waals surface area contributed by atoms with Crippen molar-refractivity contribution >= 4 is 35.7 Å². The van der Waals surface area contributed by atoms with E-state index in [0.717, 1.165) is 16.7 Å². The molecule has 0 fully saturated rings. The lowest BCUT2D eigenvalue weighted by molar-refractivity contribution is -0.117. The highest BCUT2D eigenvalue weighted by Crippen LogP contribution is 2.28. The second kappa shape index (κ2) is 14.7. The predicted molar refractivity (Wildman–Crippen MR) is 169 cm³/mol. The van der Waals surface area contributed by atoms with Crippen LogP contribution in [0.1, 0.15) is 38.2 Å². The summed E-state index contributed by atoms with van der Waals surface area (Å²) in [6, 6.07) is 24.9. The molecule has 8 nitrogen and oxygen atoms in total. The quantitative estimate of drug-likeness (QED) is 0.117. The summed E-state index contributed by atoms with van der Waals surface area (Å²) in [5.41, 5.74) is 6.98. The monoisotopic (exact) mass is 597 g/mol. The normalized spacial score (nSPS) is 11.2. The van der Waals surface area contributed by atoms with Crippen molar-refractivity contribution in [2.75, 3.05) is 14.2 Å². The molecule has 0 saturated heterocycles. The minimum Gasteiger partial charge on any atom is -0.497 e. The molecule has 0 heterocycles. The van der Waals surface area contributed by atoms with Gasteiger partial charge in [0.15, 0.2) is 0 Å². The van der Waals surface area contributed by atoms with Gasteiger partial charge in [-0.05, 0) is 96.8 Å². The van der Waals surface area contributed by atoms with Crippen LogP contribution in [0, 0.1) is 13.8 Å². The number of methoxy groups -OCH3 is 2. The van der Waals surface area contributed by atoms with Crippen molar-refractivity contribution in [1.29, 1.82) is 0 Å². The zero-order valence-electron chi connectivity index (χ0n) is 24.3. The zero-order chi connectivity index (χ0) is 30.8. The highest BCUT2D eigenvalue weighted by molar-refractivity contribution is 6.32. The minimum atomic E-state index is -0.595. The van der Waals surface area contributed by atoms with Crippen molar-refractivity contribution in [2.24, 2.45) is 5.10 Å². The minimum absolute atomic E-state index is 0.0218. The standard InChI is InChI=1S/C34H32ClN3O5/c1-22-16-29(17-23(2)32(22)35)43-21-27-18-25(12-15-31(27)42-4)20-36-38-34(40)30(19-24-10-13-28(41-3)14-11-24)37-33(39)26-8-6-5-7-9-26/h5-20H,21H2,1-4H3,(H,37,39)(H,38,40)/b30-19+,36-20+. The summed E-state index contributed by atoms with van der Waals surface area (Å²) in [5, 5.41) is 7.53. The van der Waals surface area contributed by atoms with Crippen LogP contribution in [0.4, 0.5) is 0 Å². The van der Waals surface area contributed by atoms with Crippen molar-refractivity contribution in [2.45, 2.75) is 20.5 Å². The second-order valence-corrected chi connectivity index (χ2v) is 9.96. The highest BCUT2D eigenvalue weighted by atomic mass is 35.5. The summed E-state index contributed by atoms with van der Waals surface area (Å²) >= 11 is 6.28. The molecule has 4 aromatic carbocycles. The van der Waals surface area contributed by atoms with E-state index in [1.54, 1.807) is 81.0 Å². The molecular formula is C34H32ClN3O5. The zero-order valence-corrected chi connectivity index (χ0v) is 25.1. The van der Waals surface area contributed by atoms with Crippen molar-refractivity contribution < 1.29 is 23.8 Å². The molecule has 0 aliphatic rings. The number of halogens is 1. The molecule has 0 aliphatic carbocycles. The van der Waals surface area contributed by atoms with Crippen molar-refractivity contribution in [3.63, 3.8) is 0 Å². The average Bonchev–Trinajstić information content (AvgIpc) is 3.03. The van der Waals surface area contributed by atoms with Gasteiger partial charge in [-0.2, -0.15) is 5.10 Å². The van der Waals surface area contributed by atoms with Crippen LogP contribution in [0.25, 0.3) is 6.08 Å². The van der Waals surface area contributed by atoms with Crippen molar-refractivity contribution in [3.8, 4) is 17.2 Å². The Morgan fingerprint density at radius 3 is 2.16 bits per heavy atom. The predicted octanol–water partition coefficient (Wildman–Crippen LogP) is 6.47. The average molecular weight is 598 g/mol. The first kappa shape index (κ1) is 30.9. The summed E-state index contributed by atoms with van der Waals surface area (Å²) in [4.78, 5) is 26.0. The van der Waals surface area contributed by atoms with Gasteiger partial charge in [-0.15, -0.1) is 0 Å². The maximum atomic E-state index is 13.2. The van der Waals surface area contributed by atoms with Gasteiger partial charge in [-0.25, -0.2) is 5.43 Å². The fourth-order valence-electron chi connectivity index (χ4n) is 4.18. The highest BCUT2D eigenvalue weighted by Gasteiger charge is 2.15. The van der Waals surface area contributed by atoms with Crippen LogP contribution in [-0.4, -0.2) is 32.2 Å². The van der Waals surface area contributed by atoms with Crippen LogP contribution in [0.2, 0.25) is 5.02 Å². The molecule has 0 bridgehead atoms. The number of amides is 2. The summed E-state index contributed by atoms with van der Waals surface area (Å²) in [7, 11) is 3.16. The third-order valence-corrected chi connectivity index (χ3v) is 7.04. The van der Waals surface area contributed by atoms with Crippen molar-refractivity contribution in [3.05, 3.63) is 129 Å². The van der Waals surface area contributed by atoms with Gasteiger partial charge in [0.2, 0.25) is 0 Å². The third-order valence-electron chi connectivity index (χ3n) is 6.44. The molecule has 0 spiro atoms. The number of nitrogens with zero attached hydrogens (tertiary/aromatic N) is 1. The molecule has 4 aromatic rings. The van der Waals surface area contributed by atoms with E-state index < -0.39 is 11.8 Å². The molecule has 0 aromatic heterocycles. The van der Waals surface area contributed by atoms with Crippen molar-refractivity contribution in [1.82, 2.24) is 10.7 Å². The fourth-order valence-corrected chi connectivity index (χ4v) is 4.29. The smallest absolute Gasteiger partial charge is 0.287 e. The van der Waals surface area contributed by atoms with Crippen LogP contribution < -0.4 is 25.0 Å². The van der Waals surface area contributed by atoms with Gasteiger partial charge in [-0.1, -0.05) is 41.9 Å². The van der Waals surface area contributed by atoms with Gasteiger partial charge in [0.1, 0.15) is 29.6 Å². The third kappa shape index (κ3) is 8.47. The second-order valence-electron chi connectivity index (χ2n) is 9.58. The number of carbonyl (C=O) groups excluding carboxylic acids is 2. The first-order chi connectivity index (χ1) is 20.8. The number of rotatable bonds is 11. The summed E-state index contributed by atoms with van der Waals surface area (Å²) < 4.78 is 16.7. The maximum absolute atomic E-state index is 13.2. The first-order valence-corrected chi connectivity index (χ1v) is 13.8. The van der Waals surface area contributed by atoms with Gasteiger partial charge in [0, 0.05) is 16.1 Å². The summed E-state index contributed by atoms with van der Waals surface area (Å²) in [6.07, 6.45) is 3.07. The number of hydrogen-bond donors (Lipinski definition) is 2. The molecule has 2 N–H and O–H groups in total. The Kier molecular flexibility index (Phi) is 10.6. The van der Waals surface area contributed by atoms with E-state index in [2.05, 4.69) is 15.8 Å². The molecule has 2 amide bonds. The Labute approximate surface area is 255 Å². The molecule has 220 valence electrons. The largest absolute Gasteiger partial charge is 0.497 e. The van der Waals surface area contributed by atoms with Crippen LogP contribution >= 0.6 is 11.6 Å². The lowest BCUT2D eigenvalue weighted by Gasteiger charge is -2.13. The molecule has 0 aliphatic heterocycles. The fraction of sp³-hybridized carbons (Fsp3) is 0.147. The molecular weight excluding hydrogens is 566 g/mol. The molecule has 0 unspecified atom stereocenters.